The monoisotopic (exact) mass is 280 g/mol. The minimum absolute atomic E-state index is 0.537. The lowest BCUT2D eigenvalue weighted by Gasteiger charge is -2.41. The molecular formula is C16H32N4. The second-order valence-electron chi connectivity index (χ2n) is 6.88. The summed E-state index contributed by atoms with van der Waals surface area (Å²) in [6, 6.07) is 0.636. The third-order valence-corrected chi connectivity index (χ3v) is 5.33. The molecule has 2 aliphatic carbocycles. The van der Waals surface area contributed by atoms with Crippen molar-refractivity contribution in [3.8, 4) is 0 Å². The van der Waals surface area contributed by atoms with Crippen LogP contribution in [-0.2, 0) is 0 Å². The summed E-state index contributed by atoms with van der Waals surface area (Å²) in [5, 5.41) is 7.05. The van der Waals surface area contributed by atoms with Gasteiger partial charge in [-0.1, -0.05) is 13.3 Å². The van der Waals surface area contributed by atoms with E-state index in [-0.39, 0.29) is 0 Å². The summed E-state index contributed by atoms with van der Waals surface area (Å²) in [4.78, 5) is 6.72. The van der Waals surface area contributed by atoms with E-state index in [1.54, 1.807) is 0 Å². The fourth-order valence-corrected chi connectivity index (χ4v) is 3.28. The second-order valence-corrected chi connectivity index (χ2v) is 6.88. The van der Waals surface area contributed by atoms with Gasteiger partial charge in [0.1, 0.15) is 0 Å². The smallest absolute Gasteiger partial charge is 0.191 e. The first-order valence-corrected chi connectivity index (χ1v) is 8.21. The number of aliphatic imine (C=N–C) groups is 1. The first-order valence-electron chi connectivity index (χ1n) is 8.21. The van der Waals surface area contributed by atoms with Crippen molar-refractivity contribution >= 4 is 5.96 Å². The van der Waals surface area contributed by atoms with E-state index in [4.69, 9.17) is 0 Å². The highest BCUT2D eigenvalue weighted by molar-refractivity contribution is 5.79. The van der Waals surface area contributed by atoms with E-state index in [9.17, 15) is 0 Å². The Kier molecular flexibility index (Phi) is 5.30. The first-order chi connectivity index (χ1) is 9.60. The molecule has 2 rings (SSSR count). The lowest BCUT2D eigenvalue weighted by molar-refractivity contribution is 0.131. The van der Waals surface area contributed by atoms with Crippen LogP contribution < -0.4 is 10.6 Å². The van der Waals surface area contributed by atoms with Gasteiger partial charge in [-0.3, -0.25) is 4.99 Å². The van der Waals surface area contributed by atoms with Gasteiger partial charge in [0, 0.05) is 26.2 Å². The van der Waals surface area contributed by atoms with Crippen molar-refractivity contribution in [2.24, 2.45) is 16.3 Å². The molecule has 0 aromatic carbocycles. The summed E-state index contributed by atoms with van der Waals surface area (Å²) in [6.07, 6.45) is 8.18. The van der Waals surface area contributed by atoms with E-state index in [2.05, 4.69) is 41.5 Å². The van der Waals surface area contributed by atoms with Crippen LogP contribution >= 0.6 is 0 Å². The van der Waals surface area contributed by atoms with E-state index in [1.165, 1.54) is 38.5 Å². The summed E-state index contributed by atoms with van der Waals surface area (Å²) in [5.74, 6) is 1.85. The molecule has 2 N–H and O–H groups in total. The van der Waals surface area contributed by atoms with Gasteiger partial charge in [-0.25, -0.2) is 0 Å². The van der Waals surface area contributed by atoms with Gasteiger partial charge in [0.15, 0.2) is 5.96 Å². The normalized spacial score (nSPS) is 23.4. The third kappa shape index (κ3) is 3.87. The maximum atomic E-state index is 4.37. The molecule has 0 radical (unpaired) electrons. The predicted molar refractivity (Wildman–Crippen MR) is 86.1 cm³/mol. The zero-order valence-electron chi connectivity index (χ0n) is 13.7. The summed E-state index contributed by atoms with van der Waals surface area (Å²) in [5.41, 5.74) is 0.537. The molecule has 20 heavy (non-hydrogen) atoms. The Morgan fingerprint density at radius 1 is 1.30 bits per heavy atom. The van der Waals surface area contributed by atoms with Crippen LogP contribution in [0.2, 0.25) is 0 Å². The third-order valence-electron chi connectivity index (χ3n) is 5.33. The van der Waals surface area contributed by atoms with Crippen LogP contribution in [-0.4, -0.2) is 51.1 Å². The molecule has 1 unspecified atom stereocenters. The quantitative estimate of drug-likeness (QED) is 0.554. The van der Waals surface area contributed by atoms with Crippen molar-refractivity contribution in [2.75, 3.05) is 34.2 Å². The Bertz CT molecular complexity index is 322. The van der Waals surface area contributed by atoms with Gasteiger partial charge in [-0.05, 0) is 57.5 Å². The van der Waals surface area contributed by atoms with Gasteiger partial charge in [0.05, 0.1) is 0 Å². The lowest BCUT2D eigenvalue weighted by Crippen LogP contribution is -2.49. The van der Waals surface area contributed by atoms with Crippen molar-refractivity contribution in [1.29, 1.82) is 0 Å². The number of rotatable bonds is 7. The highest BCUT2D eigenvalue weighted by Crippen LogP contribution is 2.43. The topological polar surface area (TPSA) is 39.7 Å². The minimum Gasteiger partial charge on any atom is -0.356 e. The number of hydrogen-bond acceptors (Lipinski definition) is 2. The van der Waals surface area contributed by atoms with Gasteiger partial charge in [0.25, 0.3) is 0 Å². The Hall–Kier alpha value is -0.770. The van der Waals surface area contributed by atoms with E-state index in [1.807, 2.05) is 7.05 Å². The molecule has 0 heterocycles. The molecule has 4 heteroatoms. The van der Waals surface area contributed by atoms with Crippen LogP contribution in [0.4, 0.5) is 0 Å². The van der Waals surface area contributed by atoms with Crippen molar-refractivity contribution in [3.63, 3.8) is 0 Å². The van der Waals surface area contributed by atoms with Crippen LogP contribution in [0.5, 0.6) is 0 Å². The first kappa shape index (κ1) is 15.6. The number of likely N-dealkylation sites (N-methyl/N-ethyl adjacent to an activating group) is 1. The number of nitrogens with one attached hydrogen (secondary N) is 2. The van der Waals surface area contributed by atoms with Crippen LogP contribution in [0.1, 0.15) is 45.4 Å². The van der Waals surface area contributed by atoms with Gasteiger partial charge in [0.2, 0.25) is 0 Å². The molecule has 0 amide bonds. The molecule has 2 fully saturated rings. The van der Waals surface area contributed by atoms with Gasteiger partial charge in [-0.2, -0.15) is 0 Å². The molecule has 1 atom stereocenters. The van der Waals surface area contributed by atoms with E-state index in [0.717, 1.165) is 25.0 Å². The fourth-order valence-electron chi connectivity index (χ4n) is 3.28. The van der Waals surface area contributed by atoms with Crippen LogP contribution in [0.15, 0.2) is 4.99 Å². The van der Waals surface area contributed by atoms with Gasteiger partial charge in [-0.15, -0.1) is 0 Å². The average Bonchev–Trinajstić information content (AvgIpc) is 3.19. The molecule has 0 aromatic rings. The Morgan fingerprint density at radius 2 is 2.00 bits per heavy atom. The maximum absolute atomic E-state index is 4.37. The molecule has 2 saturated carbocycles. The lowest BCUT2D eigenvalue weighted by atomic mass is 9.67. The molecule has 0 aromatic heterocycles. The number of nitrogens with zero attached hydrogens (tertiary/aromatic N) is 2. The molecule has 2 aliphatic rings. The number of hydrogen-bond donors (Lipinski definition) is 2. The predicted octanol–water partition coefficient (Wildman–Crippen LogP) is 2.07. The molecule has 0 aliphatic heterocycles. The average molecular weight is 280 g/mol. The van der Waals surface area contributed by atoms with Crippen molar-refractivity contribution in [1.82, 2.24) is 15.5 Å². The van der Waals surface area contributed by atoms with Gasteiger partial charge >= 0.3 is 0 Å². The van der Waals surface area contributed by atoms with E-state index >= 15 is 0 Å². The SMILES string of the molecule is CCC1(CNC(=NC)NCC(C2CC2)N(C)C)CCC1. The van der Waals surface area contributed by atoms with Crippen molar-refractivity contribution < 1.29 is 0 Å². The number of guanidine groups is 1. The standard InChI is InChI=1S/C16H32N4/c1-5-16(9-6-10-16)12-19-15(17-2)18-11-14(20(3)4)13-7-8-13/h13-14H,5-12H2,1-4H3,(H2,17,18,19). The van der Waals surface area contributed by atoms with Crippen molar-refractivity contribution in [2.45, 2.75) is 51.5 Å². The summed E-state index contributed by atoms with van der Waals surface area (Å²) >= 11 is 0. The molecule has 0 spiro atoms. The molecule has 116 valence electrons. The summed E-state index contributed by atoms with van der Waals surface area (Å²) in [6.45, 7) is 4.38. The van der Waals surface area contributed by atoms with E-state index in [0.29, 0.717) is 11.5 Å². The van der Waals surface area contributed by atoms with Crippen LogP contribution in [0.25, 0.3) is 0 Å². The largest absolute Gasteiger partial charge is 0.356 e. The highest BCUT2D eigenvalue weighted by Gasteiger charge is 2.35. The highest BCUT2D eigenvalue weighted by atomic mass is 15.2. The zero-order valence-corrected chi connectivity index (χ0v) is 13.7. The minimum atomic E-state index is 0.537. The zero-order chi connectivity index (χ0) is 14.6. The van der Waals surface area contributed by atoms with E-state index < -0.39 is 0 Å². The Morgan fingerprint density at radius 3 is 2.40 bits per heavy atom. The fraction of sp³-hybridized carbons (Fsp3) is 0.938. The van der Waals surface area contributed by atoms with Crippen LogP contribution in [0.3, 0.4) is 0 Å². The Balaban J connectivity index is 1.74. The maximum Gasteiger partial charge on any atom is 0.191 e. The molecule has 4 nitrogen and oxygen atoms in total. The Labute approximate surface area is 124 Å². The van der Waals surface area contributed by atoms with Crippen LogP contribution in [0, 0.1) is 11.3 Å². The summed E-state index contributed by atoms with van der Waals surface area (Å²) < 4.78 is 0. The second kappa shape index (κ2) is 6.79. The molecule has 0 bridgehead atoms. The van der Waals surface area contributed by atoms with Crippen molar-refractivity contribution in [3.05, 3.63) is 0 Å². The van der Waals surface area contributed by atoms with Gasteiger partial charge < -0.3 is 15.5 Å². The molecule has 0 saturated heterocycles. The summed E-state index contributed by atoms with van der Waals surface area (Å²) in [7, 11) is 6.24. The molecular weight excluding hydrogens is 248 g/mol.